The summed E-state index contributed by atoms with van der Waals surface area (Å²) in [4.78, 5) is 18.5. The molecule has 7 heteroatoms. The average Bonchev–Trinajstić information content (AvgIpc) is 2.49. The third kappa shape index (κ3) is 3.87. The zero-order chi connectivity index (χ0) is 15.2. The SMILES string of the molecule is CNCCN1CCCc2c(C(=O)NCC(F)F)ccnc21. The molecule has 0 spiro atoms. The molecule has 1 aliphatic rings. The number of hydrogen-bond donors (Lipinski definition) is 2. The summed E-state index contributed by atoms with van der Waals surface area (Å²) in [6.45, 7) is 1.89. The number of rotatable bonds is 6. The molecular weight excluding hydrogens is 278 g/mol. The van der Waals surface area contributed by atoms with Crippen molar-refractivity contribution >= 4 is 11.7 Å². The van der Waals surface area contributed by atoms with E-state index in [1.807, 2.05) is 7.05 Å². The van der Waals surface area contributed by atoms with E-state index in [1.165, 1.54) is 0 Å². The Balaban J connectivity index is 2.19. The number of amides is 1. The highest BCUT2D eigenvalue weighted by atomic mass is 19.3. The lowest BCUT2D eigenvalue weighted by Crippen LogP contribution is -2.37. The minimum absolute atomic E-state index is 0.454. The molecule has 21 heavy (non-hydrogen) atoms. The van der Waals surface area contributed by atoms with Crippen LogP contribution in [0.25, 0.3) is 0 Å². The third-order valence-corrected chi connectivity index (χ3v) is 3.48. The van der Waals surface area contributed by atoms with Gasteiger partial charge in [0.1, 0.15) is 5.82 Å². The number of hydrogen-bond acceptors (Lipinski definition) is 4. The lowest BCUT2D eigenvalue weighted by atomic mass is 9.99. The van der Waals surface area contributed by atoms with Gasteiger partial charge in [-0.25, -0.2) is 13.8 Å². The molecule has 1 amide bonds. The summed E-state index contributed by atoms with van der Waals surface area (Å²) in [7, 11) is 1.88. The molecule has 0 aromatic carbocycles. The molecule has 2 N–H and O–H groups in total. The third-order valence-electron chi connectivity index (χ3n) is 3.48. The van der Waals surface area contributed by atoms with E-state index in [4.69, 9.17) is 0 Å². The Morgan fingerprint density at radius 3 is 3.05 bits per heavy atom. The second-order valence-corrected chi connectivity index (χ2v) is 4.96. The second-order valence-electron chi connectivity index (χ2n) is 4.96. The van der Waals surface area contributed by atoms with Gasteiger partial charge >= 0.3 is 0 Å². The van der Waals surface area contributed by atoms with Gasteiger partial charge in [0.15, 0.2) is 0 Å². The maximum atomic E-state index is 12.2. The summed E-state index contributed by atoms with van der Waals surface area (Å²) in [5, 5.41) is 5.34. The van der Waals surface area contributed by atoms with Crippen molar-refractivity contribution in [2.45, 2.75) is 19.3 Å². The smallest absolute Gasteiger partial charge is 0.255 e. The van der Waals surface area contributed by atoms with Crippen molar-refractivity contribution in [2.24, 2.45) is 0 Å². The van der Waals surface area contributed by atoms with Crippen molar-refractivity contribution < 1.29 is 13.6 Å². The number of likely N-dealkylation sites (N-methyl/N-ethyl adjacent to an activating group) is 1. The van der Waals surface area contributed by atoms with Gasteiger partial charge in [-0.2, -0.15) is 0 Å². The summed E-state index contributed by atoms with van der Waals surface area (Å²) < 4.78 is 24.4. The van der Waals surface area contributed by atoms with Gasteiger partial charge in [0.2, 0.25) is 0 Å². The molecule has 1 aromatic heterocycles. The van der Waals surface area contributed by atoms with Crippen LogP contribution in [-0.2, 0) is 6.42 Å². The van der Waals surface area contributed by atoms with E-state index < -0.39 is 18.9 Å². The molecule has 2 rings (SSSR count). The van der Waals surface area contributed by atoms with Crippen LogP contribution in [0.5, 0.6) is 0 Å². The predicted octanol–water partition coefficient (Wildman–Crippen LogP) is 1.05. The Hall–Kier alpha value is -1.76. The molecule has 0 saturated carbocycles. The first-order valence-electron chi connectivity index (χ1n) is 7.07. The summed E-state index contributed by atoms with van der Waals surface area (Å²) in [6, 6.07) is 1.60. The molecule has 116 valence electrons. The van der Waals surface area contributed by atoms with E-state index in [2.05, 4.69) is 20.5 Å². The first-order chi connectivity index (χ1) is 10.1. The van der Waals surface area contributed by atoms with E-state index in [1.54, 1.807) is 12.3 Å². The lowest BCUT2D eigenvalue weighted by molar-refractivity contribution is 0.0890. The fourth-order valence-corrected chi connectivity index (χ4v) is 2.50. The standard InChI is InChI=1S/C14H20F2N4O/c1-17-6-8-20-7-2-3-10-11(4-5-18-13(10)20)14(21)19-9-12(15)16/h4-5,12,17H,2-3,6-9H2,1H3,(H,19,21). The number of alkyl halides is 2. The maximum absolute atomic E-state index is 12.2. The number of pyridine rings is 1. The van der Waals surface area contributed by atoms with Crippen LogP contribution < -0.4 is 15.5 Å². The van der Waals surface area contributed by atoms with E-state index in [9.17, 15) is 13.6 Å². The van der Waals surface area contributed by atoms with Gasteiger partial charge in [0, 0.05) is 37.0 Å². The topological polar surface area (TPSA) is 57.3 Å². The van der Waals surface area contributed by atoms with Crippen LogP contribution in [0, 0.1) is 0 Å². The number of nitrogens with one attached hydrogen (secondary N) is 2. The Morgan fingerprint density at radius 2 is 2.33 bits per heavy atom. The number of carbonyl (C=O) groups excluding carboxylic acids is 1. The van der Waals surface area contributed by atoms with Crippen LogP contribution in [0.1, 0.15) is 22.3 Å². The molecule has 0 bridgehead atoms. The molecule has 0 fully saturated rings. The largest absolute Gasteiger partial charge is 0.355 e. The molecule has 1 aromatic rings. The Labute approximate surface area is 122 Å². The maximum Gasteiger partial charge on any atom is 0.255 e. The van der Waals surface area contributed by atoms with Crippen molar-refractivity contribution in [2.75, 3.05) is 38.1 Å². The number of fused-ring (bicyclic) bond motifs is 1. The number of carbonyl (C=O) groups is 1. The van der Waals surface area contributed by atoms with Gasteiger partial charge in [-0.15, -0.1) is 0 Å². The lowest BCUT2D eigenvalue weighted by Gasteiger charge is -2.31. The Morgan fingerprint density at radius 1 is 1.52 bits per heavy atom. The Bertz CT molecular complexity index is 496. The molecule has 2 heterocycles. The van der Waals surface area contributed by atoms with E-state index in [0.29, 0.717) is 5.56 Å². The Kier molecular flexibility index (Phi) is 5.44. The highest BCUT2D eigenvalue weighted by Crippen LogP contribution is 2.27. The fraction of sp³-hybridized carbons (Fsp3) is 0.571. The minimum Gasteiger partial charge on any atom is -0.355 e. The van der Waals surface area contributed by atoms with Crippen LogP contribution >= 0.6 is 0 Å². The number of nitrogens with zero attached hydrogens (tertiary/aromatic N) is 2. The first-order valence-corrected chi connectivity index (χ1v) is 7.07. The summed E-state index contributed by atoms with van der Waals surface area (Å²) in [5.74, 6) is 0.339. The molecule has 0 aliphatic carbocycles. The predicted molar refractivity (Wildman–Crippen MR) is 77.0 cm³/mol. The highest BCUT2D eigenvalue weighted by molar-refractivity contribution is 5.96. The molecular formula is C14H20F2N4O. The monoisotopic (exact) mass is 298 g/mol. The van der Waals surface area contributed by atoms with Crippen molar-refractivity contribution in [3.63, 3.8) is 0 Å². The van der Waals surface area contributed by atoms with Crippen molar-refractivity contribution in [3.8, 4) is 0 Å². The van der Waals surface area contributed by atoms with Gasteiger partial charge in [-0.05, 0) is 26.0 Å². The average molecular weight is 298 g/mol. The normalized spacial score (nSPS) is 14.2. The first kappa shape index (κ1) is 15.6. The number of aromatic nitrogens is 1. The van der Waals surface area contributed by atoms with Crippen LogP contribution in [0.2, 0.25) is 0 Å². The van der Waals surface area contributed by atoms with Crippen LogP contribution in [0.3, 0.4) is 0 Å². The summed E-state index contributed by atoms with van der Waals surface area (Å²) in [5.41, 5.74) is 1.31. The van der Waals surface area contributed by atoms with E-state index in [-0.39, 0.29) is 0 Å². The van der Waals surface area contributed by atoms with Crippen molar-refractivity contribution in [3.05, 3.63) is 23.4 Å². The van der Waals surface area contributed by atoms with Gasteiger partial charge in [0.25, 0.3) is 12.3 Å². The fourth-order valence-electron chi connectivity index (χ4n) is 2.50. The number of halogens is 2. The summed E-state index contributed by atoms with van der Waals surface area (Å²) >= 11 is 0. The van der Waals surface area contributed by atoms with Crippen LogP contribution in [-0.4, -0.2) is 50.5 Å². The van der Waals surface area contributed by atoms with Crippen LogP contribution in [0.15, 0.2) is 12.3 Å². The van der Waals surface area contributed by atoms with Gasteiger partial charge < -0.3 is 15.5 Å². The second kappa shape index (κ2) is 7.31. The minimum atomic E-state index is -2.54. The molecule has 0 saturated heterocycles. The molecule has 0 atom stereocenters. The van der Waals surface area contributed by atoms with Gasteiger partial charge in [0.05, 0.1) is 6.54 Å². The van der Waals surface area contributed by atoms with E-state index >= 15 is 0 Å². The zero-order valence-corrected chi connectivity index (χ0v) is 12.0. The molecule has 5 nitrogen and oxygen atoms in total. The highest BCUT2D eigenvalue weighted by Gasteiger charge is 2.23. The molecule has 0 radical (unpaired) electrons. The summed E-state index contributed by atoms with van der Waals surface area (Å²) in [6.07, 6.45) is 0.695. The molecule has 0 unspecified atom stereocenters. The molecule has 1 aliphatic heterocycles. The zero-order valence-electron chi connectivity index (χ0n) is 12.0. The van der Waals surface area contributed by atoms with E-state index in [0.717, 1.165) is 43.9 Å². The van der Waals surface area contributed by atoms with Crippen molar-refractivity contribution in [1.29, 1.82) is 0 Å². The van der Waals surface area contributed by atoms with Crippen LogP contribution in [0.4, 0.5) is 14.6 Å². The van der Waals surface area contributed by atoms with Gasteiger partial charge in [-0.3, -0.25) is 4.79 Å². The van der Waals surface area contributed by atoms with Gasteiger partial charge in [-0.1, -0.05) is 0 Å². The van der Waals surface area contributed by atoms with Crippen molar-refractivity contribution in [1.82, 2.24) is 15.6 Å². The quantitative estimate of drug-likeness (QED) is 0.824. The number of anilines is 1.